The summed E-state index contributed by atoms with van der Waals surface area (Å²) in [5.74, 6) is -1.62. The maximum Gasteiger partial charge on any atom is 0.320 e. The van der Waals surface area contributed by atoms with Crippen molar-refractivity contribution in [2.24, 2.45) is 7.05 Å². The molecule has 4 aromatic rings. The molecule has 2 amide bonds. The van der Waals surface area contributed by atoms with Crippen molar-refractivity contribution in [2.75, 3.05) is 38.7 Å². The molecule has 0 radical (unpaired) electrons. The summed E-state index contributed by atoms with van der Waals surface area (Å²) in [7, 11) is 3.44. The molecule has 0 bridgehead atoms. The van der Waals surface area contributed by atoms with Crippen LogP contribution in [0.3, 0.4) is 0 Å². The van der Waals surface area contributed by atoms with Gasteiger partial charge in [0.2, 0.25) is 0 Å². The van der Waals surface area contributed by atoms with E-state index in [-0.39, 0.29) is 12.0 Å². The normalized spacial score (nSPS) is 17.5. The predicted octanol–water partition coefficient (Wildman–Crippen LogP) is 4.55. The first-order chi connectivity index (χ1) is 18.8. The van der Waals surface area contributed by atoms with Crippen LogP contribution in [0.1, 0.15) is 11.5 Å². The number of rotatable bonds is 8. The summed E-state index contributed by atoms with van der Waals surface area (Å²) >= 11 is 3.63. The van der Waals surface area contributed by atoms with Crippen LogP contribution in [0.25, 0.3) is 16.9 Å². The van der Waals surface area contributed by atoms with E-state index < -0.39 is 17.7 Å². The van der Waals surface area contributed by atoms with E-state index >= 15 is 0 Å². The molecular weight excluding hydrogens is 572 g/mol. The quantitative estimate of drug-likeness (QED) is 0.310. The van der Waals surface area contributed by atoms with Gasteiger partial charge >= 0.3 is 6.03 Å². The van der Waals surface area contributed by atoms with Gasteiger partial charge in [0.15, 0.2) is 17.5 Å². The number of methoxy groups -OCH3 is 1. The summed E-state index contributed by atoms with van der Waals surface area (Å²) in [5, 5.41) is 15.0. The fourth-order valence-corrected chi connectivity index (χ4v) is 5.39. The van der Waals surface area contributed by atoms with E-state index in [1.54, 1.807) is 28.7 Å². The van der Waals surface area contributed by atoms with Crippen LogP contribution < -0.4 is 10.6 Å². The van der Waals surface area contributed by atoms with Crippen LogP contribution in [0, 0.1) is 11.6 Å². The minimum Gasteiger partial charge on any atom is -0.383 e. The molecule has 0 spiro atoms. The summed E-state index contributed by atoms with van der Waals surface area (Å²) in [6.07, 6.45) is 3.54. The number of urea groups is 1. The Morgan fingerprint density at radius 3 is 2.64 bits per heavy atom. The van der Waals surface area contributed by atoms with Crippen molar-refractivity contribution in [1.29, 1.82) is 0 Å². The zero-order chi connectivity index (χ0) is 27.5. The summed E-state index contributed by atoms with van der Waals surface area (Å²) in [6.45, 7) is 2.26. The molecule has 1 saturated heterocycles. The Hall–Kier alpha value is -3.61. The van der Waals surface area contributed by atoms with E-state index in [4.69, 9.17) is 9.84 Å². The number of para-hydroxylation sites is 1. The number of aryl methyl sites for hydroxylation is 1. The molecule has 1 aliphatic heterocycles. The zero-order valence-corrected chi connectivity index (χ0v) is 23.0. The van der Waals surface area contributed by atoms with Gasteiger partial charge in [-0.15, -0.1) is 0 Å². The standard InChI is InChI=1S/C27H28BrF2N7O2/c1-35-14-18(13-31-35)25-24(28)26(37(34-25)19-6-4-3-5-7-19)33-27(38)32-23-16-36(10-11-39-2)15-20(23)17-8-9-21(29)22(30)12-17/h3-9,12-14,20,23H,10-11,15-16H2,1-2H3,(H2,32,33,38)/t20-,23+/m0/s1. The second kappa shape index (κ2) is 11.6. The van der Waals surface area contributed by atoms with Crippen LogP contribution in [0.2, 0.25) is 0 Å². The highest BCUT2D eigenvalue weighted by Gasteiger charge is 2.35. The first-order valence-electron chi connectivity index (χ1n) is 12.4. The van der Waals surface area contributed by atoms with Gasteiger partial charge in [0.25, 0.3) is 0 Å². The number of hydrogen-bond donors (Lipinski definition) is 2. The molecule has 0 saturated carbocycles. The van der Waals surface area contributed by atoms with Gasteiger partial charge in [0, 0.05) is 51.5 Å². The van der Waals surface area contributed by atoms with Gasteiger partial charge in [0.1, 0.15) is 5.69 Å². The van der Waals surface area contributed by atoms with Crippen LogP contribution >= 0.6 is 15.9 Å². The molecule has 1 aliphatic rings. The first kappa shape index (κ1) is 27.0. The molecule has 2 N–H and O–H groups in total. The van der Waals surface area contributed by atoms with Gasteiger partial charge in [-0.3, -0.25) is 14.9 Å². The lowest BCUT2D eigenvalue weighted by atomic mass is 9.94. The topological polar surface area (TPSA) is 89.2 Å². The molecule has 5 rings (SSSR count). The third-order valence-electron chi connectivity index (χ3n) is 6.73. The van der Waals surface area contributed by atoms with E-state index in [9.17, 15) is 13.6 Å². The average Bonchev–Trinajstić information content (AvgIpc) is 3.62. The van der Waals surface area contributed by atoms with Crippen molar-refractivity contribution < 1.29 is 18.3 Å². The van der Waals surface area contributed by atoms with Crippen molar-refractivity contribution in [3.05, 3.63) is 82.6 Å². The molecule has 2 aromatic heterocycles. The Morgan fingerprint density at radius 1 is 1.15 bits per heavy atom. The van der Waals surface area contributed by atoms with Crippen LogP contribution in [0.5, 0.6) is 0 Å². The van der Waals surface area contributed by atoms with Gasteiger partial charge in [0.05, 0.1) is 29.0 Å². The minimum absolute atomic E-state index is 0.240. The number of hydrogen-bond acceptors (Lipinski definition) is 5. The number of carbonyl (C=O) groups is 1. The van der Waals surface area contributed by atoms with Gasteiger partial charge in [-0.25, -0.2) is 18.3 Å². The van der Waals surface area contributed by atoms with E-state index in [0.717, 1.165) is 17.3 Å². The number of anilines is 1. The number of likely N-dealkylation sites (tertiary alicyclic amines) is 1. The second-order valence-electron chi connectivity index (χ2n) is 9.40. The highest BCUT2D eigenvalue weighted by Crippen LogP contribution is 2.36. The Balaban J connectivity index is 1.42. The van der Waals surface area contributed by atoms with E-state index in [1.165, 1.54) is 6.07 Å². The molecule has 12 heteroatoms. The molecule has 2 atom stereocenters. The maximum atomic E-state index is 14.1. The van der Waals surface area contributed by atoms with Gasteiger partial charge in [-0.1, -0.05) is 24.3 Å². The number of nitrogens with one attached hydrogen (secondary N) is 2. The van der Waals surface area contributed by atoms with Crippen LogP contribution in [0.4, 0.5) is 19.4 Å². The lowest BCUT2D eigenvalue weighted by molar-refractivity contribution is 0.159. The average molecular weight is 600 g/mol. The number of ether oxygens (including phenoxy) is 1. The molecular formula is C27H28BrF2N7O2. The fourth-order valence-electron chi connectivity index (χ4n) is 4.82. The fraction of sp³-hybridized carbons (Fsp3) is 0.296. The Kier molecular flexibility index (Phi) is 8.05. The predicted molar refractivity (Wildman–Crippen MR) is 147 cm³/mol. The smallest absolute Gasteiger partial charge is 0.320 e. The number of carbonyl (C=O) groups excluding carboxylic acids is 1. The molecule has 204 valence electrons. The van der Waals surface area contributed by atoms with Crippen molar-refractivity contribution in [2.45, 2.75) is 12.0 Å². The third kappa shape index (κ3) is 5.87. The number of halogens is 3. The summed E-state index contributed by atoms with van der Waals surface area (Å²) in [5.41, 5.74) is 2.78. The summed E-state index contributed by atoms with van der Waals surface area (Å²) in [6, 6.07) is 12.5. The molecule has 0 aliphatic carbocycles. The number of aromatic nitrogens is 4. The zero-order valence-electron chi connectivity index (χ0n) is 21.4. The minimum atomic E-state index is -0.912. The Morgan fingerprint density at radius 2 is 1.95 bits per heavy atom. The maximum absolute atomic E-state index is 14.1. The molecule has 9 nitrogen and oxygen atoms in total. The van der Waals surface area contributed by atoms with E-state index in [0.29, 0.717) is 47.8 Å². The molecule has 3 heterocycles. The van der Waals surface area contributed by atoms with Crippen LogP contribution in [0.15, 0.2) is 65.4 Å². The van der Waals surface area contributed by atoms with Crippen molar-refractivity contribution in [3.8, 4) is 16.9 Å². The van der Waals surface area contributed by atoms with Crippen LogP contribution in [-0.4, -0.2) is 69.9 Å². The molecule has 0 unspecified atom stereocenters. The summed E-state index contributed by atoms with van der Waals surface area (Å²) in [4.78, 5) is 15.5. The van der Waals surface area contributed by atoms with Crippen LogP contribution in [-0.2, 0) is 11.8 Å². The van der Waals surface area contributed by atoms with E-state index in [2.05, 4.69) is 36.6 Å². The molecule has 39 heavy (non-hydrogen) atoms. The van der Waals surface area contributed by atoms with Gasteiger partial charge in [-0.05, 0) is 45.8 Å². The van der Waals surface area contributed by atoms with Crippen molar-refractivity contribution in [3.63, 3.8) is 0 Å². The highest BCUT2D eigenvalue weighted by molar-refractivity contribution is 9.10. The lowest BCUT2D eigenvalue weighted by Crippen LogP contribution is -2.42. The molecule has 2 aromatic carbocycles. The highest BCUT2D eigenvalue weighted by atomic mass is 79.9. The number of amides is 2. The lowest BCUT2D eigenvalue weighted by Gasteiger charge is -2.21. The largest absolute Gasteiger partial charge is 0.383 e. The third-order valence-corrected chi connectivity index (χ3v) is 7.49. The SMILES string of the molecule is COCCN1C[C@@H](NC(=O)Nc2c(Br)c(-c3cnn(C)c3)nn2-c2ccccc2)[C@H](c2ccc(F)c(F)c2)C1. The Labute approximate surface area is 232 Å². The monoisotopic (exact) mass is 599 g/mol. The number of nitrogens with zero attached hydrogens (tertiary/aromatic N) is 5. The van der Waals surface area contributed by atoms with Gasteiger partial charge in [-0.2, -0.15) is 10.2 Å². The molecule has 1 fully saturated rings. The van der Waals surface area contributed by atoms with Crippen molar-refractivity contribution >= 4 is 27.8 Å². The number of benzene rings is 2. The van der Waals surface area contributed by atoms with E-state index in [1.807, 2.05) is 43.6 Å². The summed E-state index contributed by atoms with van der Waals surface area (Å²) < 4.78 is 36.8. The van der Waals surface area contributed by atoms with Crippen molar-refractivity contribution in [1.82, 2.24) is 29.8 Å². The Bertz CT molecular complexity index is 1460. The first-order valence-corrected chi connectivity index (χ1v) is 13.2. The second-order valence-corrected chi connectivity index (χ2v) is 10.2. The van der Waals surface area contributed by atoms with Gasteiger partial charge < -0.3 is 10.1 Å².